The predicted molar refractivity (Wildman–Crippen MR) is 123 cm³/mol. The summed E-state index contributed by atoms with van der Waals surface area (Å²) < 4.78 is 1.38. The first-order valence-corrected chi connectivity index (χ1v) is 11.3. The Balaban J connectivity index is 1.51. The molecule has 6 nitrogen and oxygen atoms in total. The normalized spacial score (nSPS) is 12.4. The molecule has 8 heteroatoms. The van der Waals surface area contributed by atoms with Crippen molar-refractivity contribution in [1.29, 1.82) is 0 Å². The molecule has 30 heavy (non-hydrogen) atoms. The summed E-state index contributed by atoms with van der Waals surface area (Å²) in [6.45, 7) is 0.398. The molecule has 0 aliphatic rings. The molecule has 0 aliphatic heterocycles. The fourth-order valence-corrected chi connectivity index (χ4v) is 5.11. The van der Waals surface area contributed by atoms with Crippen molar-refractivity contribution in [2.24, 2.45) is 0 Å². The Bertz CT molecular complexity index is 1200. The summed E-state index contributed by atoms with van der Waals surface area (Å²) in [6, 6.07) is 14.0. The Labute approximate surface area is 182 Å². The minimum atomic E-state index is -0.214. The van der Waals surface area contributed by atoms with Gasteiger partial charge < -0.3 is 10.2 Å². The van der Waals surface area contributed by atoms with Gasteiger partial charge in [0, 0.05) is 22.4 Å². The Hall–Kier alpha value is -2.81. The third-order valence-corrected chi connectivity index (χ3v) is 6.75. The maximum Gasteiger partial charge on any atom is 0.263 e. The highest BCUT2D eigenvalue weighted by Crippen LogP contribution is 2.33. The molecular formula is C22H22N4O2S2. The molecule has 4 rings (SSSR count). The van der Waals surface area contributed by atoms with E-state index < -0.39 is 0 Å². The van der Waals surface area contributed by atoms with Crippen molar-refractivity contribution in [3.8, 4) is 10.4 Å². The van der Waals surface area contributed by atoms with Crippen LogP contribution in [0.25, 0.3) is 20.7 Å². The minimum absolute atomic E-state index is 0.0507. The first-order chi connectivity index (χ1) is 14.5. The Morgan fingerprint density at radius 2 is 1.97 bits per heavy atom. The van der Waals surface area contributed by atoms with E-state index >= 15 is 0 Å². The lowest BCUT2D eigenvalue weighted by molar-refractivity contribution is -0.121. The number of nitrogens with one attached hydrogen (secondary N) is 1. The Morgan fingerprint density at radius 1 is 1.17 bits per heavy atom. The highest BCUT2D eigenvalue weighted by Gasteiger charge is 2.17. The van der Waals surface area contributed by atoms with E-state index in [-0.39, 0.29) is 24.1 Å². The number of hydrogen-bond donors (Lipinski definition) is 1. The zero-order chi connectivity index (χ0) is 21.1. The molecule has 3 heterocycles. The van der Waals surface area contributed by atoms with E-state index in [1.54, 1.807) is 11.3 Å². The van der Waals surface area contributed by atoms with Gasteiger partial charge in [-0.3, -0.25) is 14.2 Å². The van der Waals surface area contributed by atoms with Crippen LogP contribution in [0.2, 0.25) is 0 Å². The number of amides is 1. The standard InChI is InChI=1S/C22H22N4O2S2/c1-25(2)17(15-7-4-3-5-8-15)11-23-19(27)12-26-14-24-21-20(22(26)28)16(13-30-21)18-9-6-10-29-18/h3-10,13-14,17H,11-12H2,1-2H3,(H,23,27). The third-order valence-electron chi connectivity index (χ3n) is 4.96. The van der Waals surface area contributed by atoms with Crippen molar-refractivity contribution < 1.29 is 4.79 Å². The lowest BCUT2D eigenvalue weighted by atomic mass is 10.1. The summed E-state index contributed by atoms with van der Waals surface area (Å²) in [7, 11) is 3.96. The van der Waals surface area contributed by atoms with Crippen LogP contribution in [0.15, 0.2) is 64.3 Å². The van der Waals surface area contributed by atoms with E-state index in [9.17, 15) is 9.59 Å². The van der Waals surface area contributed by atoms with Crippen LogP contribution < -0.4 is 10.9 Å². The van der Waals surface area contributed by atoms with Crippen LogP contribution in [0.3, 0.4) is 0 Å². The summed E-state index contributed by atoms with van der Waals surface area (Å²) in [5, 5.41) is 7.47. The smallest absolute Gasteiger partial charge is 0.263 e. The van der Waals surface area contributed by atoms with Crippen LogP contribution in [0.1, 0.15) is 11.6 Å². The minimum Gasteiger partial charge on any atom is -0.353 e. The number of rotatable bonds is 7. The fourth-order valence-electron chi connectivity index (χ4n) is 3.39. The summed E-state index contributed by atoms with van der Waals surface area (Å²) in [5.74, 6) is -0.214. The van der Waals surface area contributed by atoms with Crippen LogP contribution in [-0.2, 0) is 11.3 Å². The van der Waals surface area contributed by atoms with Gasteiger partial charge in [-0.1, -0.05) is 36.4 Å². The van der Waals surface area contributed by atoms with Crippen molar-refractivity contribution in [1.82, 2.24) is 19.8 Å². The molecule has 1 amide bonds. The van der Waals surface area contributed by atoms with E-state index in [0.717, 1.165) is 16.0 Å². The number of hydrogen-bond acceptors (Lipinski definition) is 6. The Morgan fingerprint density at radius 3 is 2.67 bits per heavy atom. The van der Waals surface area contributed by atoms with Crippen LogP contribution >= 0.6 is 22.7 Å². The number of fused-ring (bicyclic) bond motifs is 1. The highest BCUT2D eigenvalue weighted by atomic mass is 32.1. The van der Waals surface area contributed by atoms with Gasteiger partial charge >= 0.3 is 0 Å². The van der Waals surface area contributed by atoms with Gasteiger partial charge in [0.2, 0.25) is 5.91 Å². The molecule has 1 N–H and O–H groups in total. The van der Waals surface area contributed by atoms with Crippen LogP contribution in [-0.4, -0.2) is 41.0 Å². The van der Waals surface area contributed by atoms with Gasteiger partial charge in [-0.05, 0) is 31.1 Å². The quantitative estimate of drug-likeness (QED) is 0.479. The zero-order valence-corrected chi connectivity index (χ0v) is 18.4. The summed E-state index contributed by atoms with van der Waals surface area (Å²) in [4.78, 5) is 33.8. The van der Waals surface area contributed by atoms with Gasteiger partial charge in [0.05, 0.1) is 17.8 Å². The zero-order valence-electron chi connectivity index (χ0n) is 16.7. The monoisotopic (exact) mass is 438 g/mol. The molecule has 0 fully saturated rings. The average Bonchev–Trinajstić information content (AvgIpc) is 3.40. The van der Waals surface area contributed by atoms with E-state index in [0.29, 0.717) is 16.8 Å². The summed E-state index contributed by atoms with van der Waals surface area (Å²) in [6.07, 6.45) is 1.46. The fraction of sp³-hybridized carbons (Fsp3) is 0.227. The van der Waals surface area contributed by atoms with Gasteiger partial charge in [-0.15, -0.1) is 22.7 Å². The van der Waals surface area contributed by atoms with Crippen molar-refractivity contribution >= 4 is 38.8 Å². The molecule has 0 bridgehead atoms. The number of nitrogens with zero attached hydrogens (tertiary/aromatic N) is 3. The van der Waals surface area contributed by atoms with Crippen LogP contribution in [0, 0.1) is 0 Å². The maximum atomic E-state index is 13.1. The molecular weight excluding hydrogens is 416 g/mol. The SMILES string of the molecule is CN(C)C(CNC(=O)Cn1cnc2scc(-c3cccs3)c2c1=O)c1ccccc1. The summed E-state index contributed by atoms with van der Waals surface area (Å²) in [5.41, 5.74) is 1.82. The molecule has 1 unspecified atom stereocenters. The topological polar surface area (TPSA) is 67.2 Å². The van der Waals surface area contributed by atoms with Crippen LogP contribution in [0.5, 0.6) is 0 Å². The van der Waals surface area contributed by atoms with Gasteiger partial charge in [-0.2, -0.15) is 0 Å². The second kappa shape index (κ2) is 8.91. The molecule has 0 spiro atoms. The molecule has 4 aromatic rings. The second-order valence-corrected chi connectivity index (χ2v) is 8.98. The molecule has 0 saturated heterocycles. The van der Waals surface area contributed by atoms with Crippen molar-refractivity contribution in [2.75, 3.05) is 20.6 Å². The maximum absolute atomic E-state index is 13.1. The van der Waals surface area contributed by atoms with E-state index in [4.69, 9.17) is 0 Å². The first kappa shape index (κ1) is 20.5. The van der Waals surface area contributed by atoms with E-state index in [2.05, 4.69) is 15.2 Å². The molecule has 154 valence electrons. The number of benzene rings is 1. The summed E-state index contributed by atoms with van der Waals surface area (Å²) >= 11 is 3.03. The molecule has 0 radical (unpaired) electrons. The Kier molecular flexibility index (Phi) is 6.08. The number of thiophene rings is 2. The van der Waals surface area contributed by atoms with E-state index in [1.807, 2.05) is 67.3 Å². The number of likely N-dealkylation sites (N-methyl/N-ethyl adjacent to an activating group) is 1. The number of carbonyl (C=O) groups is 1. The second-order valence-electron chi connectivity index (χ2n) is 7.18. The van der Waals surface area contributed by atoms with Gasteiger partial charge in [0.15, 0.2) is 0 Å². The number of aromatic nitrogens is 2. The molecule has 3 aromatic heterocycles. The molecule has 1 atom stereocenters. The molecule has 0 aliphatic carbocycles. The largest absolute Gasteiger partial charge is 0.353 e. The lowest BCUT2D eigenvalue weighted by Crippen LogP contribution is -2.37. The first-order valence-electron chi connectivity index (χ1n) is 9.53. The van der Waals surface area contributed by atoms with Crippen molar-refractivity contribution in [2.45, 2.75) is 12.6 Å². The van der Waals surface area contributed by atoms with Gasteiger partial charge in [0.25, 0.3) is 5.56 Å². The van der Waals surface area contributed by atoms with Crippen molar-refractivity contribution in [3.05, 3.63) is 75.5 Å². The van der Waals surface area contributed by atoms with Crippen LogP contribution in [0.4, 0.5) is 0 Å². The lowest BCUT2D eigenvalue weighted by Gasteiger charge is -2.25. The van der Waals surface area contributed by atoms with E-state index in [1.165, 1.54) is 22.2 Å². The third kappa shape index (κ3) is 4.21. The number of carbonyl (C=O) groups excluding carboxylic acids is 1. The molecule has 0 saturated carbocycles. The average molecular weight is 439 g/mol. The van der Waals surface area contributed by atoms with Gasteiger partial charge in [-0.25, -0.2) is 4.98 Å². The predicted octanol–water partition coefficient (Wildman–Crippen LogP) is 3.61. The highest BCUT2D eigenvalue weighted by molar-refractivity contribution is 7.18. The molecule has 1 aromatic carbocycles. The van der Waals surface area contributed by atoms with Crippen molar-refractivity contribution in [3.63, 3.8) is 0 Å². The van der Waals surface area contributed by atoms with Gasteiger partial charge in [0.1, 0.15) is 11.4 Å².